The number of amides is 1. The van der Waals surface area contributed by atoms with Crippen molar-refractivity contribution in [2.75, 3.05) is 16.2 Å². The smallest absolute Gasteiger partial charge is 0.269 e. The van der Waals surface area contributed by atoms with Crippen molar-refractivity contribution in [2.45, 2.75) is 35.3 Å². The van der Waals surface area contributed by atoms with Crippen molar-refractivity contribution in [3.05, 3.63) is 60.2 Å². The Labute approximate surface area is 195 Å². The Balaban J connectivity index is 1.55. The number of ether oxygens (including phenoxy) is 1. The number of benzene rings is 2. The summed E-state index contributed by atoms with van der Waals surface area (Å²) in [5, 5.41) is 11.5. The minimum atomic E-state index is -3.75. The Kier molecular flexibility index (Phi) is 6.68. The molecule has 0 radical (unpaired) electrons. The summed E-state index contributed by atoms with van der Waals surface area (Å²) in [5.74, 6) is -0.316. The molecule has 0 saturated carbocycles. The van der Waals surface area contributed by atoms with Crippen LogP contribution >= 0.6 is 23.1 Å². The number of hydrogen-bond acceptors (Lipinski definition) is 8. The normalized spacial score (nSPS) is 15.8. The lowest BCUT2D eigenvalue weighted by atomic mass is 10.2. The van der Waals surface area contributed by atoms with Gasteiger partial charge >= 0.3 is 0 Å². The van der Waals surface area contributed by atoms with Gasteiger partial charge in [-0.05, 0) is 17.7 Å². The van der Waals surface area contributed by atoms with Gasteiger partial charge < -0.3 is 4.74 Å². The first-order chi connectivity index (χ1) is 15.3. The summed E-state index contributed by atoms with van der Waals surface area (Å²) in [6.45, 7) is 3.95. The number of anilines is 2. The number of fused-ring (bicyclic) bond motifs is 1. The maximum absolute atomic E-state index is 13.3. The highest BCUT2D eigenvalue weighted by Gasteiger charge is 2.37. The van der Waals surface area contributed by atoms with Crippen LogP contribution in [0.3, 0.4) is 0 Å². The van der Waals surface area contributed by atoms with E-state index < -0.39 is 22.0 Å². The molecule has 0 fully saturated rings. The molecule has 0 spiro atoms. The lowest BCUT2D eigenvalue weighted by Gasteiger charge is -2.34. The Morgan fingerprint density at radius 1 is 1.19 bits per heavy atom. The van der Waals surface area contributed by atoms with E-state index in [0.717, 1.165) is 4.34 Å². The monoisotopic (exact) mass is 490 g/mol. The molecule has 1 aromatic heterocycles. The van der Waals surface area contributed by atoms with Gasteiger partial charge in [-0.3, -0.25) is 14.4 Å². The highest BCUT2D eigenvalue weighted by Crippen LogP contribution is 2.36. The summed E-state index contributed by atoms with van der Waals surface area (Å²) in [6, 6.07) is 15.7. The zero-order valence-corrected chi connectivity index (χ0v) is 19.9. The molecule has 32 heavy (non-hydrogen) atoms. The van der Waals surface area contributed by atoms with Gasteiger partial charge in [0.1, 0.15) is 5.75 Å². The summed E-state index contributed by atoms with van der Waals surface area (Å²) < 4.78 is 34.4. The van der Waals surface area contributed by atoms with E-state index in [1.54, 1.807) is 60.3 Å². The molecule has 1 amide bonds. The van der Waals surface area contributed by atoms with E-state index in [0.29, 0.717) is 27.4 Å². The Morgan fingerprint density at radius 2 is 1.91 bits per heavy atom. The van der Waals surface area contributed by atoms with Crippen LogP contribution in [0.5, 0.6) is 5.75 Å². The average molecular weight is 491 g/mol. The van der Waals surface area contributed by atoms with Gasteiger partial charge in [0.25, 0.3) is 5.91 Å². The lowest BCUT2D eigenvalue weighted by Crippen LogP contribution is -2.49. The number of thioether (sulfide) groups is 1. The highest BCUT2D eigenvalue weighted by molar-refractivity contribution is 8.01. The van der Waals surface area contributed by atoms with Crippen LogP contribution in [0.4, 0.5) is 10.8 Å². The number of aromatic nitrogens is 2. The molecule has 1 unspecified atom stereocenters. The Bertz CT molecular complexity index is 1200. The number of nitrogens with one attached hydrogen (secondary N) is 1. The zero-order valence-electron chi connectivity index (χ0n) is 17.5. The molecule has 1 aliphatic heterocycles. The predicted molar refractivity (Wildman–Crippen MR) is 127 cm³/mol. The standard InChI is InChI=1S/C21H22N4O4S3/c1-14(2)30-21-24-23-20(31-21)22-19(26)18-12-25(16-10-6-7-11-17(16)29-18)32(27,28)13-15-8-4-3-5-9-15/h3-11,14,18H,12-13H2,1-2H3,(H,22,23,26). The van der Waals surface area contributed by atoms with E-state index in [2.05, 4.69) is 15.5 Å². The van der Waals surface area contributed by atoms with Gasteiger partial charge in [0.05, 0.1) is 18.0 Å². The predicted octanol–water partition coefficient (Wildman–Crippen LogP) is 3.77. The molecule has 8 nitrogen and oxygen atoms in total. The first-order valence-corrected chi connectivity index (χ1v) is 13.2. The van der Waals surface area contributed by atoms with Crippen LogP contribution in [0, 0.1) is 0 Å². The molecule has 0 bridgehead atoms. The summed E-state index contributed by atoms with van der Waals surface area (Å²) in [7, 11) is -3.75. The quantitative estimate of drug-likeness (QED) is 0.397. The third-order valence-corrected chi connectivity index (χ3v) is 8.17. The van der Waals surface area contributed by atoms with Gasteiger partial charge in [-0.25, -0.2) is 8.42 Å². The van der Waals surface area contributed by atoms with Crippen molar-refractivity contribution < 1.29 is 17.9 Å². The van der Waals surface area contributed by atoms with Crippen LogP contribution in [0.2, 0.25) is 0 Å². The molecule has 3 aromatic rings. The van der Waals surface area contributed by atoms with E-state index in [9.17, 15) is 13.2 Å². The Hall–Kier alpha value is -2.63. The van der Waals surface area contributed by atoms with Crippen molar-refractivity contribution in [2.24, 2.45) is 0 Å². The third kappa shape index (κ3) is 5.22. The highest BCUT2D eigenvalue weighted by atomic mass is 32.2. The van der Waals surface area contributed by atoms with Crippen LogP contribution in [-0.2, 0) is 20.6 Å². The first-order valence-electron chi connectivity index (χ1n) is 9.93. The maximum Gasteiger partial charge on any atom is 0.269 e. The van der Waals surface area contributed by atoms with Crippen molar-refractivity contribution in [1.29, 1.82) is 0 Å². The number of hydrogen-bond donors (Lipinski definition) is 1. The summed E-state index contributed by atoms with van der Waals surface area (Å²) >= 11 is 2.82. The van der Waals surface area contributed by atoms with Crippen molar-refractivity contribution in [3.8, 4) is 5.75 Å². The number of carbonyl (C=O) groups is 1. The van der Waals surface area contributed by atoms with Crippen LogP contribution in [-0.4, -0.2) is 42.4 Å². The van der Waals surface area contributed by atoms with Gasteiger partial charge in [-0.15, -0.1) is 10.2 Å². The van der Waals surface area contributed by atoms with Crippen molar-refractivity contribution in [3.63, 3.8) is 0 Å². The average Bonchev–Trinajstić information content (AvgIpc) is 3.19. The molecule has 168 valence electrons. The molecular formula is C21H22N4O4S3. The molecule has 0 saturated heterocycles. The molecule has 1 aliphatic rings. The summed E-state index contributed by atoms with van der Waals surface area (Å²) in [6.07, 6.45) is -1.03. The number of carbonyl (C=O) groups excluding carboxylic acids is 1. The number of nitrogens with zero attached hydrogens (tertiary/aromatic N) is 3. The maximum atomic E-state index is 13.3. The molecule has 4 rings (SSSR count). The fourth-order valence-electron chi connectivity index (χ4n) is 3.16. The lowest BCUT2D eigenvalue weighted by molar-refractivity contribution is -0.122. The van der Waals surface area contributed by atoms with E-state index in [1.807, 2.05) is 19.9 Å². The summed E-state index contributed by atoms with van der Waals surface area (Å²) in [4.78, 5) is 12.9. The van der Waals surface area contributed by atoms with Gasteiger partial charge in [0.2, 0.25) is 15.2 Å². The summed E-state index contributed by atoms with van der Waals surface area (Å²) in [5.41, 5.74) is 1.08. The fraction of sp³-hybridized carbons (Fsp3) is 0.286. The molecule has 1 atom stereocenters. The minimum Gasteiger partial charge on any atom is -0.476 e. The molecule has 1 N–H and O–H groups in total. The van der Waals surface area contributed by atoms with Crippen LogP contribution in [0.25, 0.3) is 0 Å². The van der Waals surface area contributed by atoms with Crippen LogP contribution in [0.15, 0.2) is 58.9 Å². The van der Waals surface area contributed by atoms with Crippen LogP contribution in [0.1, 0.15) is 19.4 Å². The van der Waals surface area contributed by atoms with E-state index in [-0.39, 0.29) is 12.3 Å². The number of rotatable bonds is 7. The number of sulfonamides is 1. The van der Waals surface area contributed by atoms with E-state index >= 15 is 0 Å². The van der Waals surface area contributed by atoms with Gasteiger partial charge in [-0.1, -0.05) is 79.4 Å². The molecule has 0 aliphatic carbocycles. The second kappa shape index (κ2) is 9.47. The van der Waals surface area contributed by atoms with E-state index in [4.69, 9.17) is 4.74 Å². The zero-order chi connectivity index (χ0) is 22.7. The second-order valence-electron chi connectivity index (χ2n) is 7.38. The second-order valence-corrected chi connectivity index (χ2v) is 12.1. The molecule has 2 heterocycles. The number of para-hydroxylation sites is 2. The first kappa shape index (κ1) is 22.6. The van der Waals surface area contributed by atoms with Crippen molar-refractivity contribution >= 4 is 49.8 Å². The van der Waals surface area contributed by atoms with Gasteiger partial charge in [0, 0.05) is 5.25 Å². The minimum absolute atomic E-state index is 0.135. The van der Waals surface area contributed by atoms with E-state index in [1.165, 1.54) is 15.6 Å². The van der Waals surface area contributed by atoms with Crippen LogP contribution < -0.4 is 14.4 Å². The molecule has 11 heteroatoms. The van der Waals surface area contributed by atoms with Crippen molar-refractivity contribution in [1.82, 2.24) is 10.2 Å². The SMILES string of the molecule is CC(C)Sc1nnc(NC(=O)C2CN(S(=O)(=O)Cc3ccccc3)c3ccccc3O2)s1. The fourth-order valence-corrected chi connectivity index (χ4v) is 6.72. The topological polar surface area (TPSA) is 101 Å². The Morgan fingerprint density at radius 3 is 2.66 bits per heavy atom. The third-order valence-electron chi connectivity index (χ3n) is 4.53. The largest absolute Gasteiger partial charge is 0.476 e. The van der Waals surface area contributed by atoms with Gasteiger partial charge in [0.15, 0.2) is 10.4 Å². The molecule has 2 aromatic carbocycles. The van der Waals surface area contributed by atoms with Gasteiger partial charge in [-0.2, -0.15) is 0 Å². The molecular weight excluding hydrogens is 468 g/mol.